The Bertz CT molecular complexity index is 1220. The number of carbonyl (C=O) groups excluding carboxylic acids is 2. The second-order valence-corrected chi connectivity index (χ2v) is 11.4. The van der Waals surface area contributed by atoms with Gasteiger partial charge in [0.15, 0.2) is 0 Å². The standard InChI is InChI=1S/C25H33Cl2N3O6S/c1-7-21(25(32)28-16(2)3)29(14-17-8-10-19(26)20(27)12-17)24(31)15-30(37(6,33)34)22-13-18(35-4)9-11-23(22)36-5/h8-13,16,21H,7,14-15H2,1-6H3,(H,28,32)/t21-/m0/s1. The van der Waals surface area contributed by atoms with E-state index in [1.54, 1.807) is 37.3 Å². The third kappa shape index (κ3) is 8.15. The number of amides is 2. The molecule has 0 spiro atoms. The highest BCUT2D eigenvalue weighted by molar-refractivity contribution is 7.92. The largest absolute Gasteiger partial charge is 0.497 e. The van der Waals surface area contributed by atoms with Crippen LogP contribution in [0.5, 0.6) is 11.5 Å². The van der Waals surface area contributed by atoms with Gasteiger partial charge < -0.3 is 19.7 Å². The van der Waals surface area contributed by atoms with Crippen LogP contribution in [0.25, 0.3) is 0 Å². The fourth-order valence-corrected chi connectivity index (χ4v) is 4.89. The van der Waals surface area contributed by atoms with E-state index in [4.69, 9.17) is 32.7 Å². The van der Waals surface area contributed by atoms with Crippen molar-refractivity contribution < 1.29 is 27.5 Å². The van der Waals surface area contributed by atoms with Crippen LogP contribution < -0.4 is 19.1 Å². The van der Waals surface area contributed by atoms with E-state index in [2.05, 4.69) is 5.32 Å². The molecule has 0 saturated carbocycles. The molecule has 0 fully saturated rings. The number of halogens is 2. The molecule has 2 amide bonds. The van der Waals surface area contributed by atoms with Crippen molar-refractivity contribution in [2.45, 2.75) is 45.8 Å². The van der Waals surface area contributed by atoms with E-state index in [9.17, 15) is 18.0 Å². The van der Waals surface area contributed by atoms with Gasteiger partial charge in [0, 0.05) is 18.7 Å². The summed E-state index contributed by atoms with van der Waals surface area (Å²) in [4.78, 5) is 28.2. The summed E-state index contributed by atoms with van der Waals surface area (Å²) in [6.07, 6.45) is 1.29. The zero-order chi connectivity index (χ0) is 27.9. The minimum absolute atomic E-state index is 0.00654. The Morgan fingerprint density at radius 1 is 1.03 bits per heavy atom. The Balaban J connectivity index is 2.55. The van der Waals surface area contributed by atoms with Crippen molar-refractivity contribution >= 4 is 50.7 Å². The smallest absolute Gasteiger partial charge is 0.244 e. The zero-order valence-corrected chi connectivity index (χ0v) is 24.1. The summed E-state index contributed by atoms with van der Waals surface area (Å²) in [5.41, 5.74) is 0.760. The number of methoxy groups -OCH3 is 2. The van der Waals surface area contributed by atoms with Gasteiger partial charge in [0.05, 0.1) is 36.2 Å². The first-order valence-electron chi connectivity index (χ1n) is 11.6. The molecule has 2 rings (SSSR count). The first-order valence-corrected chi connectivity index (χ1v) is 14.2. The van der Waals surface area contributed by atoms with Gasteiger partial charge in [0.2, 0.25) is 21.8 Å². The molecule has 0 unspecified atom stereocenters. The molecule has 204 valence electrons. The topological polar surface area (TPSA) is 105 Å². The number of rotatable bonds is 12. The van der Waals surface area contributed by atoms with E-state index in [0.29, 0.717) is 27.8 Å². The first kappa shape index (κ1) is 30.5. The lowest BCUT2D eigenvalue weighted by Gasteiger charge is -2.33. The number of nitrogens with zero attached hydrogens (tertiary/aromatic N) is 2. The highest BCUT2D eigenvalue weighted by Gasteiger charge is 2.33. The number of hydrogen-bond acceptors (Lipinski definition) is 6. The average Bonchev–Trinajstić information content (AvgIpc) is 2.82. The second-order valence-electron chi connectivity index (χ2n) is 8.66. The van der Waals surface area contributed by atoms with Crippen LogP contribution in [0.15, 0.2) is 36.4 Å². The molecule has 0 heterocycles. The molecular weight excluding hydrogens is 541 g/mol. The minimum Gasteiger partial charge on any atom is -0.497 e. The molecule has 12 heteroatoms. The van der Waals surface area contributed by atoms with Gasteiger partial charge in [0.25, 0.3) is 0 Å². The number of benzene rings is 2. The second kappa shape index (κ2) is 13.2. The van der Waals surface area contributed by atoms with Crippen LogP contribution in [0.3, 0.4) is 0 Å². The maximum Gasteiger partial charge on any atom is 0.244 e. The molecule has 2 aromatic carbocycles. The van der Waals surface area contributed by atoms with E-state index in [1.807, 2.05) is 13.8 Å². The Kier molecular flexibility index (Phi) is 10.9. The van der Waals surface area contributed by atoms with Crippen molar-refractivity contribution in [2.75, 3.05) is 31.3 Å². The summed E-state index contributed by atoms with van der Waals surface area (Å²) in [5, 5.41) is 3.48. The molecule has 1 N–H and O–H groups in total. The molecule has 0 saturated heterocycles. The quantitative estimate of drug-likeness (QED) is 0.409. The number of sulfonamides is 1. The van der Waals surface area contributed by atoms with Gasteiger partial charge in [-0.3, -0.25) is 13.9 Å². The Hall–Kier alpha value is -2.69. The molecular formula is C25H33Cl2N3O6S. The van der Waals surface area contributed by atoms with Gasteiger partial charge in [-0.2, -0.15) is 0 Å². The lowest BCUT2D eigenvalue weighted by atomic mass is 10.1. The monoisotopic (exact) mass is 573 g/mol. The fraction of sp³-hybridized carbons (Fsp3) is 0.440. The van der Waals surface area contributed by atoms with E-state index >= 15 is 0 Å². The predicted molar refractivity (Wildman–Crippen MR) is 146 cm³/mol. The normalized spacial score (nSPS) is 12.1. The molecule has 0 aliphatic carbocycles. The van der Waals surface area contributed by atoms with Crippen molar-refractivity contribution in [3.8, 4) is 11.5 Å². The Morgan fingerprint density at radius 3 is 2.22 bits per heavy atom. The number of ether oxygens (including phenoxy) is 2. The zero-order valence-electron chi connectivity index (χ0n) is 21.7. The average molecular weight is 575 g/mol. The third-order valence-electron chi connectivity index (χ3n) is 5.49. The number of anilines is 1. The van der Waals surface area contributed by atoms with Crippen LogP contribution in [-0.2, 0) is 26.2 Å². The fourth-order valence-electron chi connectivity index (χ4n) is 3.72. The molecule has 0 bridgehead atoms. The highest BCUT2D eigenvalue weighted by atomic mass is 35.5. The molecule has 0 radical (unpaired) electrons. The van der Waals surface area contributed by atoms with Crippen LogP contribution in [0, 0.1) is 0 Å². The first-order chi connectivity index (χ1) is 17.3. The van der Waals surface area contributed by atoms with Crippen LogP contribution in [0.4, 0.5) is 5.69 Å². The summed E-state index contributed by atoms with van der Waals surface area (Å²) < 4.78 is 37.3. The van der Waals surface area contributed by atoms with Crippen LogP contribution in [-0.4, -0.2) is 64.2 Å². The van der Waals surface area contributed by atoms with Crippen LogP contribution in [0.2, 0.25) is 10.0 Å². The van der Waals surface area contributed by atoms with Crippen LogP contribution in [0.1, 0.15) is 32.8 Å². The molecule has 0 aliphatic rings. The Morgan fingerprint density at radius 2 is 1.70 bits per heavy atom. The van der Waals surface area contributed by atoms with Crippen molar-refractivity contribution in [2.24, 2.45) is 0 Å². The van der Waals surface area contributed by atoms with E-state index in [1.165, 1.54) is 25.2 Å². The minimum atomic E-state index is -3.95. The van der Waals surface area contributed by atoms with Crippen molar-refractivity contribution in [3.05, 3.63) is 52.0 Å². The number of hydrogen-bond donors (Lipinski definition) is 1. The van der Waals surface area contributed by atoms with Crippen molar-refractivity contribution in [1.29, 1.82) is 0 Å². The highest BCUT2D eigenvalue weighted by Crippen LogP contribution is 2.34. The van der Waals surface area contributed by atoms with E-state index < -0.39 is 28.5 Å². The van der Waals surface area contributed by atoms with Gasteiger partial charge in [-0.15, -0.1) is 0 Å². The molecule has 0 aromatic heterocycles. The lowest BCUT2D eigenvalue weighted by Crippen LogP contribution is -2.53. The SMILES string of the molecule is CC[C@@H](C(=O)NC(C)C)N(Cc1ccc(Cl)c(Cl)c1)C(=O)CN(c1cc(OC)ccc1OC)S(C)(=O)=O. The number of carbonyl (C=O) groups is 2. The summed E-state index contributed by atoms with van der Waals surface area (Å²) in [6, 6.07) is 8.52. The molecule has 2 aromatic rings. The third-order valence-corrected chi connectivity index (χ3v) is 7.35. The molecule has 1 atom stereocenters. The van der Waals surface area contributed by atoms with E-state index in [0.717, 1.165) is 10.6 Å². The summed E-state index contributed by atoms with van der Waals surface area (Å²) in [7, 11) is -1.11. The van der Waals surface area contributed by atoms with Gasteiger partial charge in [-0.25, -0.2) is 8.42 Å². The van der Waals surface area contributed by atoms with Crippen molar-refractivity contribution in [3.63, 3.8) is 0 Å². The molecule has 37 heavy (non-hydrogen) atoms. The molecule has 0 aliphatic heterocycles. The molecule has 9 nitrogen and oxygen atoms in total. The van der Waals surface area contributed by atoms with Gasteiger partial charge in [-0.05, 0) is 50.1 Å². The summed E-state index contributed by atoms with van der Waals surface area (Å²) in [6.45, 7) is 4.84. The van der Waals surface area contributed by atoms with Gasteiger partial charge in [0.1, 0.15) is 24.1 Å². The van der Waals surface area contributed by atoms with Crippen molar-refractivity contribution in [1.82, 2.24) is 10.2 Å². The number of nitrogens with one attached hydrogen (secondary N) is 1. The maximum atomic E-state index is 13.8. The lowest BCUT2D eigenvalue weighted by molar-refractivity contribution is -0.140. The Labute approximate surface area is 228 Å². The summed E-state index contributed by atoms with van der Waals surface area (Å²) in [5.74, 6) is -0.324. The maximum absolute atomic E-state index is 13.8. The van der Waals surface area contributed by atoms with Gasteiger partial charge >= 0.3 is 0 Å². The van der Waals surface area contributed by atoms with Gasteiger partial charge in [-0.1, -0.05) is 36.2 Å². The van der Waals surface area contributed by atoms with E-state index in [-0.39, 0.29) is 29.9 Å². The predicted octanol–water partition coefficient (Wildman–Crippen LogP) is 4.11. The van der Waals surface area contributed by atoms with Crippen LogP contribution >= 0.6 is 23.2 Å². The summed E-state index contributed by atoms with van der Waals surface area (Å²) >= 11 is 12.2.